The number of hydrogen-bond donors (Lipinski definition) is 0. The third-order valence-electron chi connectivity index (χ3n) is 6.37. The number of carbonyl (C=O) groups excluding carboxylic acids is 1. The van der Waals surface area contributed by atoms with Crippen molar-refractivity contribution in [2.24, 2.45) is 0 Å². The molecule has 1 amide bonds. The van der Waals surface area contributed by atoms with Crippen molar-refractivity contribution in [2.75, 3.05) is 27.4 Å². The highest BCUT2D eigenvalue weighted by Gasteiger charge is 2.34. The third kappa shape index (κ3) is 5.15. The van der Waals surface area contributed by atoms with Gasteiger partial charge < -0.3 is 19.1 Å². The molecule has 37 heavy (non-hydrogen) atoms. The zero-order valence-corrected chi connectivity index (χ0v) is 20.5. The van der Waals surface area contributed by atoms with Gasteiger partial charge in [-0.05, 0) is 54.8 Å². The fourth-order valence-electron chi connectivity index (χ4n) is 4.40. The number of fused-ring (bicyclic) bond motifs is 1. The summed E-state index contributed by atoms with van der Waals surface area (Å²) < 4.78 is 16.9. The Hall–Kier alpha value is -4.67. The van der Waals surface area contributed by atoms with E-state index in [2.05, 4.69) is 0 Å². The Morgan fingerprint density at radius 2 is 1.65 bits per heavy atom. The second-order valence-electron chi connectivity index (χ2n) is 8.49. The van der Waals surface area contributed by atoms with Crippen LogP contribution in [0.25, 0.3) is 0 Å². The standard InChI is InChI=1S/C26H25N3O8/c1-16-4-5-18(12-22(16)29(33)34)26(30)27-11-10-17-13-24(35-2)25(36-3)14-21(17)23(27)15-37-20-8-6-19(7-9-20)28(31)32/h4-9,12-14,23H,10-11,15H2,1-3H3/t23-/m0/s1. The average molecular weight is 507 g/mol. The minimum absolute atomic E-state index is 0.0417. The van der Waals surface area contributed by atoms with Gasteiger partial charge in [0.1, 0.15) is 12.4 Å². The molecule has 0 saturated carbocycles. The van der Waals surface area contributed by atoms with Gasteiger partial charge in [-0.2, -0.15) is 0 Å². The highest BCUT2D eigenvalue weighted by Crippen LogP contribution is 2.39. The van der Waals surface area contributed by atoms with Crippen LogP contribution in [0.3, 0.4) is 0 Å². The Morgan fingerprint density at radius 3 is 2.27 bits per heavy atom. The predicted molar refractivity (Wildman–Crippen MR) is 133 cm³/mol. The first-order valence-electron chi connectivity index (χ1n) is 11.4. The first-order chi connectivity index (χ1) is 17.7. The number of amides is 1. The number of nitro benzene ring substituents is 2. The van der Waals surface area contributed by atoms with Gasteiger partial charge in [0.05, 0.1) is 30.1 Å². The van der Waals surface area contributed by atoms with Crippen molar-refractivity contribution in [3.8, 4) is 17.2 Å². The van der Waals surface area contributed by atoms with Crippen molar-refractivity contribution in [1.82, 2.24) is 4.90 Å². The highest BCUT2D eigenvalue weighted by molar-refractivity contribution is 5.95. The molecule has 0 unspecified atom stereocenters. The number of ether oxygens (including phenoxy) is 3. The quantitative estimate of drug-likeness (QED) is 0.318. The van der Waals surface area contributed by atoms with Crippen molar-refractivity contribution in [3.05, 3.63) is 97.1 Å². The number of non-ortho nitro benzene ring substituents is 1. The van der Waals surface area contributed by atoms with Crippen LogP contribution in [0.1, 0.15) is 33.1 Å². The number of benzene rings is 3. The molecule has 0 N–H and O–H groups in total. The smallest absolute Gasteiger partial charge is 0.273 e. The summed E-state index contributed by atoms with van der Waals surface area (Å²) >= 11 is 0. The van der Waals surface area contributed by atoms with E-state index in [9.17, 15) is 25.0 Å². The lowest BCUT2D eigenvalue weighted by atomic mass is 9.91. The Kier molecular flexibility index (Phi) is 7.23. The van der Waals surface area contributed by atoms with Crippen LogP contribution in [-0.2, 0) is 6.42 Å². The molecule has 11 heteroatoms. The number of carbonyl (C=O) groups is 1. The van der Waals surface area contributed by atoms with Gasteiger partial charge in [0, 0.05) is 35.9 Å². The van der Waals surface area contributed by atoms with Crippen LogP contribution in [-0.4, -0.2) is 48.0 Å². The van der Waals surface area contributed by atoms with Crippen LogP contribution in [0.5, 0.6) is 17.2 Å². The van der Waals surface area contributed by atoms with Crippen LogP contribution < -0.4 is 14.2 Å². The van der Waals surface area contributed by atoms with E-state index in [1.54, 1.807) is 37.1 Å². The molecule has 192 valence electrons. The van der Waals surface area contributed by atoms with E-state index in [-0.39, 0.29) is 29.5 Å². The van der Waals surface area contributed by atoms with Crippen molar-refractivity contribution in [1.29, 1.82) is 0 Å². The maximum Gasteiger partial charge on any atom is 0.273 e. The molecular formula is C26H25N3O8. The number of nitrogens with zero attached hydrogens (tertiary/aromatic N) is 3. The Balaban J connectivity index is 1.71. The number of hydrogen-bond acceptors (Lipinski definition) is 8. The average Bonchev–Trinajstić information content (AvgIpc) is 2.90. The van der Waals surface area contributed by atoms with Crippen LogP contribution in [0, 0.1) is 27.2 Å². The topological polar surface area (TPSA) is 134 Å². The summed E-state index contributed by atoms with van der Waals surface area (Å²) in [6.45, 7) is 2.00. The Bertz CT molecular complexity index is 1360. The molecule has 0 radical (unpaired) electrons. The minimum Gasteiger partial charge on any atom is -0.493 e. The van der Waals surface area contributed by atoms with Gasteiger partial charge in [0.15, 0.2) is 11.5 Å². The molecule has 1 aliphatic rings. The van der Waals surface area contributed by atoms with Crippen molar-refractivity contribution >= 4 is 17.3 Å². The lowest BCUT2D eigenvalue weighted by molar-refractivity contribution is -0.385. The van der Waals surface area contributed by atoms with Crippen LogP contribution >= 0.6 is 0 Å². The molecule has 4 rings (SSSR count). The molecule has 3 aromatic rings. The second kappa shape index (κ2) is 10.5. The molecular weight excluding hydrogens is 482 g/mol. The normalized spacial score (nSPS) is 14.5. The zero-order valence-electron chi connectivity index (χ0n) is 20.5. The highest BCUT2D eigenvalue weighted by atomic mass is 16.6. The summed E-state index contributed by atoms with van der Waals surface area (Å²) in [5.74, 6) is 1.07. The summed E-state index contributed by atoms with van der Waals surface area (Å²) in [6, 6.07) is 13.2. The Labute approximate surface area is 212 Å². The third-order valence-corrected chi connectivity index (χ3v) is 6.37. The largest absolute Gasteiger partial charge is 0.493 e. The predicted octanol–water partition coefficient (Wildman–Crippen LogP) is 4.65. The second-order valence-corrected chi connectivity index (χ2v) is 8.49. The van der Waals surface area contributed by atoms with E-state index in [0.717, 1.165) is 11.1 Å². The first-order valence-corrected chi connectivity index (χ1v) is 11.4. The van der Waals surface area contributed by atoms with E-state index in [0.29, 0.717) is 35.8 Å². The van der Waals surface area contributed by atoms with Crippen LogP contribution in [0.4, 0.5) is 11.4 Å². The number of nitro groups is 2. The van der Waals surface area contributed by atoms with E-state index in [4.69, 9.17) is 14.2 Å². The van der Waals surface area contributed by atoms with E-state index >= 15 is 0 Å². The molecule has 3 aromatic carbocycles. The molecule has 1 heterocycles. The minimum atomic E-state index is -0.563. The van der Waals surface area contributed by atoms with Gasteiger partial charge in [0.2, 0.25) is 0 Å². The fourth-order valence-corrected chi connectivity index (χ4v) is 4.40. The van der Waals surface area contributed by atoms with Crippen molar-refractivity contribution in [3.63, 3.8) is 0 Å². The zero-order chi connectivity index (χ0) is 26.7. The number of rotatable bonds is 8. The van der Waals surface area contributed by atoms with Crippen molar-refractivity contribution < 1.29 is 28.9 Å². The van der Waals surface area contributed by atoms with E-state index in [1.807, 2.05) is 6.07 Å². The molecule has 0 aromatic heterocycles. The lowest BCUT2D eigenvalue weighted by Crippen LogP contribution is -2.42. The van der Waals surface area contributed by atoms with Gasteiger partial charge in [-0.15, -0.1) is 0 Å². The summed E-state index contributed by atoms with van der Waals surface area (Å²) in [4.78, 5) is 36.7. The van der Waals surface area contributed by atoms with Crippen LogP contribution in [0.2, 0.25) is 0 Å². The summed E-state index contributed by atoms with van der Waals surface area (Å²) in [5.41, 5.74) is 2.20. The molecule has 0 fully saturated rings. The first kappa shape index (κ1) is 25.4. The molecule has 0 saturated heterocycles. The number of methoxy groups -OCH3 is 2. The molecule has 1 atom stereocenters. The summed E-state index contributed by atoms with van der Waals surface area (Å²) in [6.07, 6.45) is 0.531. The molecule has 0 aliphatic carbocycles. The van der Waals surface area contributed by atoms with Crippen LogP contribution in [0.15, 0.2) is 54.6 Å². The van der Waals surface area contributed by atoms with Gasteiger partial charge in [-0.1, -0.05) is 6.07 Å². The molecule has 1 aliphatic heterocycles. The van der Waals surface area contributed by atoms with Crippen molar-refractivity contribution in [2.45, 2.75) is 19.4 Å². The molecule has 0 bridgehead atoms. The number of aryl methyl sites for hydroxylation is 1. The van der Waals surface area contributed by atoms with Gasteiger partial charge in [0.25, 0.3) is 17.3 Å². The monoisotopic (exact) mass is 507 g/mol. The fraction of sp³-hybridized carbons (Fsp3) is 0.269. The van der Waals surface area contributed by atoms with Gasteiger partial charge in [-0.25, -0.2) is 0 Å². The maximum atomic E-state index is 13.6. The lowest BCUT2D eigenvalue weighted by Gasteiger charge is -2.37. The van der Waals surface area contributed by atoms with E-state index < -0.39 is 15.9 Å². The van der Waals surface area contributed by atoms with Gasteiger partial charge in [-0.3, -0.25) is 25.0 Å². The molecule has 11 nitrogen and oxygen atoms in total. The Morgan fingerprint density at radius 1 is 0.973 bits per heavy atom. The molecule has 0 spiro atoms. The SMILES string of the molecule is COc1cc2c(cc1OC)[C@H](COc1ccc([N+](=O)[O-])cc1)N(C(=O)c1ccc(C)c([N+](=O)[O-])c1)CC2. The summed E-state index contributed by atoms with van der Waals surface area (Å²) in [7, 11) is 3.06. The van der Waals surface area contributed by atoms with E-state index in [1.165, 1.54) is 37.4 Å². The maximum absolute atomic E-state index is 13.6. The summed E-state index contributed by atoms with van der Waals surface area (Å²) in [5, 5.41) is 22.4. The van der Waals surface area contributed by atoms with Gasteiger partial charge >= 0.3 is 0 Å².